The third kappa shape index (κ3) is 1.96. The Morgan fingerprint density at radius 2 is 1.89 bits per heavy atom. The summed E-state index contributed by atoms with van der Waals surface area (Å²) < 4.78 is 10.9. The van der Waals surface area contributed by atoms with Gasteiger partial charge in [-0.15, -0.1) is 11.8 Å². The molecular weight excluding hydrogens is 250 g/mol. The van der Waals surface area contributed by atoms with Gasteiger partial charge < -0.3 is 14.7 Å². The highest BCUT2D eigenvalue weighted by molar-refractivity contribution is 7.99. The van der Waals surface area contributed by atoms with Crippen molar-refractivity contribution in [1.82, 2.24) is 5.06 Å². The molecule has 0 aromatic heterocycles. The highest BCUT2D eigenvalue weighted by atomic mass is 32.2. The number of nitrogens with zero attached hydrogens (tertiary/aromatic N) is 1. The molecule has 0 radical (unpaired) electrons. The summed E-state index contributed by atoms with van der Waals surface area (Å²) in [5, 5.41) is 11.3. The zero-order valence-corrected chi connectivity index (χ0v) is 12.0. The van der Waals surface area contributed by atoms with Gasteiger partial charge in [0.05, 0.1) is 24.7 Å². The van der Waals surface area contributed by atoms with Gasteiger partial charge in [0, 0.05) is 18.4 Å². The molecule has 1 atom stereocenters. The van der Waals surface area contributed by atoms with Crippen LogP contribution < -0.4 is 9.47 Å². The van der Waals surface area contributed by atoms with Crippen molar-refractivity contribution >= 4 is 11.8 Å². The van der Waals surface area contributed by atoms with Crippen LogP contribution in [0, 0.1) is 0 Å². The van der Waals surface area contributed by atoms with Crippen molar-refractivity contribution in [1.29, 1.82) is 0 Å². The van der Waals surface area contributed by atoms with E-state index in [-0.39, 0.29) is 0 Å². The number of hydroxylamine groups is 2. The summed E-state index contributed by atoms with van der Waals surface area (Å²) in [6, 6.07) is 3.80. The van der Waals surface area contributed by atoms with Gasteiger partial charge in [-0.1, -0.05) is 0 Å². The van der Waals surface area contributed by atoms with Gasteiger partial charge in [0.15, 0.2) is 0 Å². The SMILES string of the molecule is COc1ccc(OC)c2c1SCCC2(C)N(C)O. The van der Waals surface area contributed by atoms with Crippen LogP contribution in [0.3, 0.4) is 0 Å². The summed E-state index contributed by atoms with van der Waals surface area (Å²) in [4.78, 5) is 1.06. The maximum atomic E-state index is 9.99. The quantitative estimate of drug-likeness (QED) is 0.855. The van der Waals surface area contributed by atoms with E-state index in [9.17, 15) is 5.21 Å². The van der Waals surface area contributed by atoms with Crippen molar-refractivity contribution in [3.8, 4) is 11.5 Å². The summed E-state index contributed by atoms with van der Waals surface area (Å²) in [5.74, 6) is 2.57. The lowest BCUT2D eigenvalue weighted by Gasteiger charge is -2.40. The molecule has 0 fully saturated rings. The molecule has 18 heavy (non-hydrogen) atoms. The first-order valence-corrected chi connectivity index (χ1v) is 6.84. The lowest BCUT2D eigenvalue weighted by Crippen LogP contribution is -2.41. The lowest BCUT2D eigenvalue weighted by molar-refractivity contribution is -0.153. The van der Waals surface area contributed by atoms with Crippen LogP contribution in [0.5, 0.6) is 11.5 Å². The molecular formula is C13H19NO3S. The average Bonchev–Trinajstić information content (AvgIpc) is 2.37. The van der Waals surface area contributed by atoms with Crippen molar-refractivity contribution < 1.29 is 14.7 Å². The second-order valence-corrected chi connectivity index (χ2v) is 5.68. The average molecular weight is 269 g/mol. The zero-order chi connectivity index (χ0) is 13.3. The van der Waals surface area contributed by atoms with Crippen LogP contribution in [0.15, 0.2) is 17.0 Å². The largest absolute Gasteiger partial charge is 0.496 e. The van der Waals surface area contributed by atoms with E-state index in [0.717, 1.165) is 34.1 Å². The van der Waals surface area contributed by atoms with Gasteiger partial charge in [-0.2, -0.15) is 5.06 Å². The van der Waals surface area contributed by atoms with Crippen LogP contribution in [0.1, 0.15) is 18.9 Å². The molecule has 1 N–H and O–H groups in total. The number of hydrogen-bond acceptors (Lipinski definition) is 5. The van der Waals surface area contributed by atoms with Crippen LogP contribution in [0.4, 0.5) is 0 Å². The molecule has 0 bridgehead atoms. The summed E-state index contributed by atoms with van der Waals surface area (Å²) >= 11 is 1.75. The third-order valence-corrected chi connectivity index (χ3v) is 4.71. The van der Waals surface area contributed by atoms with E-state index >= 15 is 0 Å². The summed E-state index contributed by atoms with van der Waals surface area (Å²) in [6.07, 6.45) is 0.862. The minimum absolute atomic E-state index is 0.444. The van der Waals surface area contributed by atoms with Crippen molar-refractivity contribution in [3.05, 3.63) is 17.7 Å². The van der Waals surface area contributed by atoms with E-state index in [1.54, 1.807) is 33.0 Å². The van der Waals surface area contributed by atoms with Crippen molar-refractivity contribution in [3.63, 3.8) is 0 Å². The molecule has 1 unspecified atom stereocenters. The van der Waals surface area contributed by atoms with E-state index in [1.165, 1.54) is 5.06 Å². The summed E-state index contributed by atoms with van der Waals surface area (Å²) in [7, 11) is 5.00. The second kappa shape index (κ2) is 4.99. The smallest absolute Gasteiger partial charge is 0.133 e. The normalized spacial score (nSPS) is 22.8. The number of rotatable bonds is 3. The Balaban J connectivity index is 2.67. The Kier molecular flexibility index (Phi) is 3.75. The first-order valence-electron chi connectivity index (χ1n) is 5.85. The van der Waals surface area contributed by atoms with Crippen molar-refractivity contribution in [2.45, 2.75) is 23.8 Å². The van der Waals surface area contributed by atoms with Crippen molar-refractivity contribution in [2.24, 2.45) is 0 Å². The van der Waals surface area contributed by atoms with Gasteiger partial charge in [-0.25, -0.2) is 0 Å². The monoisotopic (exact) mass is 269 g/mol. The first kappa shape index (κ1) is 13.5. The molecule has 1 heterocycles. The molecule has 4 nitrogen and oxygen atoms in total. The van der Waals surface area contributed by atoms with E-state index in [2.05, 4.69) is 0 Å². The van der Waals surface area contributed by atoms with E-state index in [4.69, 9.17) is 9.47 Å². The molecule has 0 saturated carbocycles. The Bertz CT molecular complexity index is 450. The van der Waals surface area contributed by atoms with E-state index in [1.807, 2.05) is 19.1 Å². The van der Waals surface area contributed by atoms with Gasteiger partial charge in [0.25, 0.3) is 0 Å². The summed E-state index contributed by atoms with van der Waals surface area (Å²) in [6.45, 7) is 2.02. The number of hydrogen-bond donors (Lipinski definition) is 1. The Hall–Kier alpha value is -0.910. The third-order valence-electron chi connectivity index (χ3n) is 3.61. The molecule has 0 saturated heterocycles. The van der Waals surface area contributed by atoms with Crippen LogP contribution >= 0.6 is 11.8 Å². The number of thioether (sulfide) groups is 1. The lowest BCUT2D eigenvalue weighted by atomic mass is 9.87. The van der Waals surface area contributed by atoms with Gasteiger partial charge in [0.2, 0.25) is 0 Å². The van der Waals surface area contributed by atoms with Crippen LogP contribution in [-0.2, 0) is 5.54 Å². The van der Waals surface area contributed by atoms with Crippen LogP contribution in [0.2, 0.25) is 0 Å². The summed E-state index contributed by atoms with van der Waals surface area (Å²) in [5.41, 5.74) is 0.561. The number of benzene rings is 1. The Morgan fingerprint density at radius 1 is 1.28 bits per heavy atom. The molecule has 100 valence electrons. The molecule has 1 aliphatic rings. The fourth-order valence-corrected chi connectivity index (χ4v) is 3.79. The molecule has 0 spiro atoms. The van der Waals surface area contributed by atoms with Crippen LogP contribution in [0.25, 0.3) is 0 Å². The fraction of sp³-hybridized carbons (Fsp3) is 0.538. The molecule has 1 aliphatic heterocycles. The standard InChI is InChI=1S/C13H19NO3S/c1-13(14(2)15)7-8-18-12-10(17-4)6-5-9(16-3)11(12)13/h5-6,15H,7-8H2,1-4H3. The van der Waals surface area contributed by atoms with Crippen molar-refractivity contribution in [2.75, 3.05) is 27.0 Å². The minimum atomic E-state index is -0.444. The van der Waals surface area contributed by atoms with Crippen LogP contribution in [-0.4, -0.2) is 37.3 Å². The first-order chi connectivity index (χ1) is 8.54. The predicted octanol–water partition coefficient (Wildman–Crippen LogP) is 2.74. The predicted molar refractivity (Wildman–Crippen MR) is 71.8 cm³/mol. The minimum Gasteiger partial charge on any atom is -0.496 e. The highest BCUT2D eigenvalue weighted by Gasteiger charge is 2.40. The molecule has 1 aromatic rings. The van der Waals surface area contributed by atoms with Gasteiger partial charge in [0.1, 0.15) is 11.5 Å². The molecule has 1 aromatic carbocycles. The maximum absolute atomic E-state index is 9.99. The van der Waals surface area contributed by atoms with E-state index < -0.39 is 5.54 Å². The Labute approximate surface area is 112 Å². The zero-order valence-electron chi connectivity index (χ0n) is 11.2. The molecule has 5 heteroatoms. The number of fused-ring (bicyclic) bond motifs is 1. The van der Waals surface area contributed by atoms with Gasteiger partial charge in [-0.3, -0.25) is 0 Å². The Morgan fingerprint density at radius 3 is 2.44 bits per heavy atom. The fourth-order valence-electron chi connectivity index (χ4n) is 2.33. The highest BCUT2D eigenvalue weighted by Crippen LogP contribution is 2.50. The van der Waals surface area contributed by atoms with Gasteiger partial charge in [-0.05, 0) is 25.5 Å². The number of ether oxygens (including phenoxy) is 2. The maximum Gasteiger partial charge on any atom is 0.133 e. The second-order valence-electron chi connectivity index (χ2n) is 4.57. The molecule has 0 aliphatic carbocycles. The van der Waals surface area contributed by atoms with E-state index in [0.29, 0.717) is 0 Å². The molecule has 0 amide bonds. The topological polar surface area (TPSA) is 41.9 Å². The molecule has 2 rings (SSSR count). The van der Waals surface area contributed by atoms with Gasteiger partial charge >= 0.3 is 0 Å². The number of methoxy groups -OCH3 is 2.